The third kappa shape index (κ3) is 3.70. The summed E-state index contributed by atoms with van der Waals surface area (Å²) >= 11 is 0. The molecular weight excluding hydrogens is 212 g/mol. The molecule has 2 aliphatic carbocycles. The first kappa shape index (κ1) is 12.9. The summed E-state index contributed by atoms with van der Waals surface area (Å²) < 4.78 is 0. The van der Waals surface area contributed by atoms with Crippen LogP contribution in [0.25, 0.3) is 0 Å². The van der Waals surface area contributed by atoms with Crippen molar-refractivity contribution >= 4 is 5.91 Å². The Bertz CT molecular complexity index is 241. The van der Waals surface area contributed by atoms with Gasteiger partial charge in [-0.1, -0.05) is 32.1 Å². The van der Waals surface area contributed by atoms with Crippen molar-refractivity contribution in [1.29, 1.82) is 0 Å². The topological polar surface area (TPSA) is 55.1 Å². The summed E-state index contributed by atoms with van der Waals surface area (Å²) in [6.45, 7) is 0.128. The van der Waals surface area contributed by atoms with Crippen molar-refractivity contribution in [2.45, 2.75) is 63.8 Å². The van der Waals surface area contributed by atoms with Crippen LogP contribution in [0.5, 0.6) is 0 Å². The number of hydrogen-bond acceptors (Lipinski definition) is 2. The summed E-state index contributed by atoms with van der Waals surface area (Å²) in [5, 5.41) is 3.03. The van der Waals surface area contributed by atoms with Crippen LogP contribution in [0, 0.1) is 11.8 Å². The summed E-state index contributed by atoms with van der Waals surface area (Å²) in [6, 6.07) is 0.394. The van der Waals surface area contributed by atoms with Crippen molar-refractivity contribution in [3.05, 3.63) is 0 Å². The molecule has 3 nitrogen and oxygen atoms in total. The van der Waals surface area contributed by atoms with Gasteiger partial charge >= 0.3 is 0 Å². The minimum absolute atomic E-state index is 0.00566. The van der Waals surface area contributed by atoms with E-state index in [1.165, 1.54) is 44.9 Å². The third-order valence-corrected chi connectivity index (χ3v) is 4.64. The van der Waals surface area contributed by atoms with Crippen LogP contribution in [-0.2, 0) is 4.79 Å². The Balaban J connectivity index is 1.71. The van der Waals surface area contributed by atoms with Crippen LogP contribution in [0.3, 0.4) is 0 Å². The van der Waals surface area contributed by atoms with Crippen LogP contribution in [-0.4, -0.2) is 18.5 Å². The lowest BCUT2D eigenvalue weighted by Crippen LogP contribution is -2.41. The van der Waals surface area contributed by atoms with E-state index in [1.54, 1.807) is 0 Å². The Morgan fingerprint density at radius 2 is 1.53 bits per heavy atom. The molecular formula is C14H26N2O. The van der Waals surface area contributed by atoms with E-state index >= 15 is 0 Å². The first-order chi connectivity index (χ1) is 8.29. The monoisotopic (exact) mass is 238 g/mol. The van der Waals surface area contributed by atoms with E-state index in [-0.39, 0.29) is 12.5 Å². The van der Waals surface area contributed by atoms with Crippen molar-refractivity contribution in [1.82, 2.24) is 5.32 Å². The highest BCUT2D eigenvalue weighted by molar-refractivity contribution is 5.78. The smallest absolute Gasteiger partial charge is 0.233 e. The van der Waals surface area contributed by atoms with Gasteiger partial charge in [-0.2, -0.15) is 0 Å². The minimum atomic E-state index is 0.00566. The molecule has 2 saturated carbocycles. The number of hydrogen-bond donors (Lipinski definition) is 2. The van der Waals surface area contributed by atoms with Gasteiger partial charge in [0.05, 0.1) is 6.54 Å². The first-order valence-corrected chi connectivity index (χ1v) is 7.29. The van der Waals surface area contributed by atoms with Gasteiger partial charge in [-0.05, 0) is 37.5 Å². The molecule has 2 aliphatic rings. The molecule has 0 spiro atoms. The van der Waals surface area contributed by atoms with E-state index in [4.69, 9.17) is 5.73 Å². The van der Waals surface area contributed by atoms with E-state index < -0.39 is 0 Å². The molecule has 0 unspecified atom stereocenters. The normalized spacial score (nSPS) is 31.1. The van der Waals surface area contributed by atoms with Crippen molar-refractivity contribution in [3.8, 4) is 0 Å². The number of nitrogens with one attached hydrogen (secondary N) is 1. The zero-order valence-corrected chi connectivity index (χ0v) is 10.8. The van der Waals surface area contributed by atoms with Crippen LogP contribution >= 0.6 is 0 Å². The number of amides is 1. The molecule has 0 bridgehead atoms. The number of nitrogens with two attached hydrogens (primary N) is 1. The Labute approximate surface area is 105 Å². The molecule has 0 saturated heterocycles. The van der Waals surface area contributed by atoms with Gasteiger partial charge in [-0.3, -0.25) is 4.79 Å². The molecule has 1 amide bonds. The van der Waals surface area contributed by atoms with Gasteiger partial charge in [-0.25, -0.2) is 0 Å². The number of carbonyl (C=O) groups is 1. The van der Waals surface area contributed by atoms with Gasteiger partial charge in [-0.15, -0.1) is 0 Å². The van der Waals surface area contributed by atoms with Crippen molar-refractivity contribution < 1.29 is 4.79 Å². The Morgan fingerprint density at radius 1 is 0.941 bits per heavy atom. The highest BCUT2D eigenvalue weighted by Gasteiger charge is 2.28. The molecule has 2 fully saturated rings. The summed E-state index contributed by atoms with van der Waals surface area (Å²) in [4.78, 5) is 11.2. The van der Waals surface area contributed by atoms with E-state index in [0.29, 0.717) is 6.04 Å². The fraction of sp³-hybridized carbons (Fsp3) is 0.929. The summed E-state index contributed by atoms with van der Waals surface area (Å²) in [5.74, 6) is 1.92. The van der Waals surface area contributed by atoms with Gasteiger partial charge in [0.15, 0.2) is 0 Å². The Kier molecular flexibility index (Phi) is 4.84. The molecule has 98 valence electrons. The van der Waals surface area contributed by atoms with Gasteiger partial charge in [0.1, 0.15) is 0 Å². The molecule has 3 N–H and O–H groups in total. The second-order valence-corrected chi connectivity index (χ2v) is 5.78. The molecule has 3 heteroatoms. The lowest BCUT2D eigenvalue weighted by molar-refractivity contribution is -0.120. The summed E-state index contributed by atoms with van der Waals surface area (Å²) in [5.41, 5.74) is 5.32. The van der Waals surface area contributed by atoms with Crippen LogP contribution in [0.4, 0.5) is 0 Å². The molecule has 0 radical (unpaired) electrons. The second kappa shape index (κ2) is 6.39. The average molecular weight is 238 g/mol. The zero-order valence-electron chi connectivity index (χ0n) is 10.8. The third-order valence-electron chi connectivity index (χ3n) is 4.64. The average Bonchev–Trinajstić information content (AvgIpc) is 2.40. The van der Waals surface area contributed by atoms with E-state index in [1.807, 2.05) is 0 Å². The lowest BCUT2D eigenvalue weighted by atomic mass is 9.72. The first-order valence-electron chi connectivity index (χ1n) is 7.29. The van der Waals surface area contributed by atoms with Crippen molar-refractivity contribution in [2.24, 2.45) is 17.6 Å². The SMILES string of the molecule is NCC(=O)NC1CCC(C2CCCCC2)CC1. The number of carbonyl (C=O) groups excluding carboxylic acids is 1. The maximum atomic E-state index is 11.2. The highest BCUT2D eigenvalue weighted by atomic mass is 16.1. The molecule has 0 aromatic carbocycles. The van der Waals surface area contributed by atoms with Crippen LogP contribution in [0.15, 0.2) is 0 Å². The summed E-state index contributed by atoms with van der Waals surface area (Å²) in [7, 11) is 0. The zero-order chi connectivity index (χ0) is 12.1. The predicted octanol–water partition coefficient (Wildman–Crippen LogP) is 2.20. The molecule has 0 atom stereocenters. The van der Waals surface area contributed by atoms with E-state index in [0.717, 1.165) is 24.7 Å². The largest absolute Gasteiger partial charge is 0.352 e. The van der Waals surface area contributed by atoms with Gasteiger partial charge in [0, 0.05) is 6.04 Å². The fourth-order valence-corrected chi connectivity index (χ4v) is 3.63. The molecule has 17 heavy (non-hydrogen) atoms. The Morgan fingerprint density at radius 3 is 2.12 bits per heavy atom. The molecule has 0 aromatic heterocycles. The van der Waals surface area contributed by atoms with Crippen LogP contribution < -0.4 is 11.1 Å². The molecule has 0 aromatic rings. The fourth-order valence-electron chi connectivity index (χ4n) is 3.63. The van der Waals surface area contributed by atoms with Gasteiger partial charge < -0.3 is 11.1 Å². The quantitative estimate of drug-likeness (QED) is 0.792. The Hall–Kier alpha value is -0.570. The van der Waals surface area contributed by atoms with Gasteiger partial charge in [0.25, 0.3) is 0 Å². The summed E-state index contributed by atoms with van der Waals surface area (Å²) in [6.07, 6.45) is 12.1. The maximum absolute atomic E-state index is 11.2. The van der Waals surface area contributed by atoms with Crippen molar-refractivity contribution in [3.63, 3.8) is 0 Å². The van der Waals surface area contributed by atoms with E-state index in [9.17, 15) is 4.79 Å². The number of rotatable bonds is 3. The molecule has 0 heterocycles. The van der Waals surface area contributed by atoms with Crippen molar-refractivity contribution in [2.75, 3.05) is 6.54 Å². The van der Waals surface area contributed by atoms with E-state index in [2.05, 4.69) is 5.32 Å². The molecule has 0 aliphatic heterocycles. The highest BCUT2D eigenvalue weighted by Crippen LogP contribution is 2.38. The second-order valence-electron chi connectivity index (χ2n) is 5.78. The standard InChI is InChI=1S/C14H26N2O/c15-10-14(17)16-13-8-6-12(7-9-13)11-4-2-1-3-5-11/h11-13H,1-10,15H2,(H,16,17). The van der Waals surface area contributed by atoms with Crippen LogP contribution in [0.1, 0.15) is 57.8 Å². The van der Waals surface area contributed by atoms with Gasteiger partial charge in [0.2, 0.25) is 5.91 Å². The lowest BCUT2D eigenvalue weighted by Gasteiger charge is -2.36. The maximum Gasteiger partial charge on any atom is 0.233 e. The molecule has 2 rings (SSSR count). The van der Waals surface area contributed by atoms with Crippen LogP contribution in [0.2, 0.25) is 0 Å². The predicted molar refractivity (Wildman–Crippen MR) is 69.5 cm³/mol. The minimum Gasteiger partial charge on any atom is -0.352 e.